The highest BCUT2D eigenvalue weighted by Gasteiger charge is 2.30. The van der Waals surface area contributed by atoms with Gasteiger partial charge in [-0.3, -0.25) is 37.3 Å². The first-order valence-electron chi connectivity index (χ1n) is 38.5. The lowest BCUT2D eigenvalue weighted by atomic mass is 10.00. The number of aliphatic hydroxyl groups excluding tert-OH is 1. The Hall–Kier alpha value is -1.94. The maximum atomic E-state index is 13.1. The number of aliphatic hydroxyl groups is 1. The molecule has 0 saturated heterocycles. The number of ether oxygens (including phenoxy) is 4. The van der Waals surface area contributed by atoms with Gasteiger partial charge in [0.05, 0.1) is 26.4 Å². The average Bonchev–Trinajstić information content (AvgIpc) is 2.97. The molecular formula is C74H144O17P2. The summed E-state index contributed by atoms with van der Waals surface area (Å²) in [7, 11) is -9.90. The van der Waals surface area contributed by atoms with Gasteiger partial charge in [-0.1, -0.05) is 330 Å². The second-order valence-corrected chi connectivity index (χ2v) is 30.3. The fourth-order valence-electron chi connectivity index (χ4n) is 11.3. The van der Waals surface area contributed by atoms with Crippen molar-refractivity contribution in [2.45, 2.75) is 400 Å². The summed E-state index contributed by atoms with van der Waals surface area (Å²) in [4.78, 5) is 72.4. The van der Waals surface area contributed by atoms with Crippen molar-refractivity contribution >= 4 is 39.5 Å². The lowest BCUT2D eigenvalue weighted by Gasteiger charge is -2.21. The van der Waals surface area contributed by atoms with Crippen LogP contribution in [0.2, 0.25) is 0 Å². The highest BCUT2D eigenvalue weighted by molar-refractivity contribution is 7.47. The van der Waals surface area contributed by atoms with E-state index in [2.05, 4.69) is 41.5 Å². The van der Waals surface area contributed by atoms with Crippen LogP contribution < -0.4 is 0 Å². The minimum absolute atomic E-state index is 0.102. The normalized spacial score (nSPS) is 14.3. The van der Waals surface area contributed by atoms with E-state index in [1.165, 1.54) is 193 Å². The van der Waals surface area contributed by atoms with E-state index in [9.17, 15) is 43.2 Å². The van der Waals surface area contributed by atoms with Gasteiger partial charge in [0.15, 0.2) is 12.2 Å². The molecule has 0 aromatic heterocycles. The number of carbonyl (C=O) groups excluding carboxylic acids is 4. The van der Waals surface area contributed by atoms with Crippen LogP contribution in [0.15, 0.2) is 0 Å². The van der Waals surface area contributed by atoms with Gasteiger partial charge in [-0.25, -0.2) is 9.13 Å². The zero-order chi connectivity index (χ0) is 68.6. The van der Waals surface area contributed by atoms with Crippen LogP contribution in [0.25, 0.3) is 0 Å². The number of hydrogen-bond donors (Lipinski definition) is 3. The second kappa shape index (κ2) is 66.0. The molecule has 0 radical (unpaired) electrons. The molecule has 0 aromatic rings. The molecule has 0 aliphatic rings. The zero-order valence-corrected chi connectivity index (χ0v) is 62.3. The molecule has 0 aromatic carbocycles. The van der Waals surface area contributed by atoms with Gasteiger partial charge in [-0.2, -0.15) is 0 Å². The summed E-state index contributed by atoms with van der Waals surface area (Å²) in [5.74, 6) is -0.623. The molecule has 552 valence electrons. The van der Waals surface area contributed by atoms with E-state index in [0.717, 1.165) is 108 Å². The number of hydrogen-bond acceptors (Lipinski definition) is 15. The van der Waals surface area contributed by atoms with Gasteiger partial charge in [0.25, 0.3) is 0 Å². The van der Waals surface area contributed by atoms with Crippen LogP contribution >= 0.6 is 15.6 Å². The van der Waals surface area contributed by atoms with Gasteiger partial charge in [0.1, 0.15) is 19.3 Å². The molecule has 0 bridgehead atoms. The summed E-state index contributed by atoms with van der Waals surface area (Å²) in [6, 6.07) is 0. The molecule has 0 saturated carbocycles. The monoisotopic (exact) mass is 1370 g/mol. The molecule has 0 amide bonds. The quantitative estimate of drug-likeness (QED) is 0.0222. The number of unbranched alkanes of at least 4 members (excludes halogenated alkanes) is 42. The fraction of sp³-hybridized carbons (Fsp3) is 0.946. The lowest BCUT2D eigenvalue weighted by molar-refractivity contribution is -0.161. The van der Waals surface area contributed by atoms with Crippen LogP contribution in [0, 0.1) is 11.8 Å². The molecule has 3 N–H and O–H groups in total. The Morgan fingerprint density at radius 3 is 0.817 bits per heavy atom. The topological polar surface area (TPSA) is 237 Å². The maximum absolute atomic E-state index is 13.1. The molecule has 0 aliphatic heterocycles. The maximum Gasteiger partial charge on any atom is 0.472 e. The van der Waals surface area contributed by atoms with E-state index in [-0.39, 0.29) is 25.7 Å². The van der Waals surface area contributed by atoms with Crippen LogP contribution in [-0.4, -0.2) is 96.7 Å². The molecule has 6 atom stereocenters. The van der Waals surface area contributed by atoms with Crippen molar-refractivity contribution in [3.05, 3.63) is 0 Å². The highest BCUT2D eigenvalue weighted by Crippen LogP contribution is 2.45. The molecule has 0 aliphatic carbocycles. The van der Waals surface area contributed by atoms with Crippen molar-refractivity contribution in [1.82, 2.24) is 0 Å². The molecule has 3 unspecified atom stereocenters. The Balaban J connectivity index is 5.11. The molecule has 17 nitrogen and oxygen atoms in total. The zero-order valence-electron chi connectivity index (χ0n) is 60.6. The van der Waals surface area contributed by atoms with E-state index in [0.29, 0.717) is 25.7 Å². The van der Waals surface area contributed by atoms with Crippen molar-refractivity contribution in [3.8, 4) is 0 Å². The fourth-order valence-corrected chi connectivity index (χ4v) is 12.8. The lowest BCUT2D eigenvalue weighted by Crippen LogP contribution is -2.30. The molecular weight excluding hydrogens is 1220 g/mol. The highest BCUT2D eigenvalue weighted by atomic mass is 31.2. The molecule has 93 heavy (non-hydrogen) atoms. The van der Waals surface area contributed by atoms with E-state index >= 15 is 0 Å². The van der Waals surface area contributed by atoms with Gasteiger partial charge in [0.2, 0.25) is 0 Å². The first-order chi connectivity index (χ1) is 44.9. The Morgan fingerprint density at radius 2 is 0.548 bits per heavy atom. The number of phosphoric acid groups is 2. The summed E-state index contributed by atoms with van der Waals surface area (Å²) in [6.45, 7) is 9.45. The minimum Gasteiger partial charge on any atom is -0.462 e. The molecule has 0 heterocycles. The van der Waals surface area contributed by atoms with Crippen molar-refractivity contribution in [2.24, 2.45) is 11.8 Å². The number of rotatable bonds is 73. The van der Waals surface area contributed by atoms with Crippen molar-refractivity contribution in [3.63, 3.8) is 0 Å². The van der Waals surface area contributed by atoms with Gasteiger partial charge in [0, 0.05) is 25.7 Å². The van der Waals surface area contributed by atoms with Crippen molar-refractivity contribution < 1.29 is 80.2 Å². The molecule has 0 spiro atoms. The third-order valence-corrected chi connectivity index (χ3v) is 19.5. The Morgan fingerprint density at radius 1 is 0.312 bits per heavy atom. The Bertz CT molecular complexity index is 1810. The predicted octanol–water partition coefficient (Wildman–Crippen LogP) is 21.6. The number of esters is 4. The third-order valence-electron chi connectivity index (χ3n) is 17.6. The SMILES string of the molecule is CCCCCCCCCCCCCCCCCCCCCCCCC(=O)O[C@H](COC(=O)CCCCCCCCCCCCCCCC(C)C)COP(=O)(O)OC[C@@H](O)COP(=O)(O)OC[C@@H](COC(=O)CCCCCCC)OC(=O)CCCCCCCCC(C)CC. The van der Waals surface area contributed by atoms with E-state index in [1.807, 2.05) is 0 Å². The summed E-state index contributed by atoms with van der Waals surface area (Å²) in [5.41, 5.74) is 0. The first-order valence-corrected chi connectivity index (χ1v) is 41.5. The van der Waals surface area contributed by atoms with Gasteiger partial charge >= 0.3 is 39.5 Å². The number of phosphoric ester groups is 2. The van der Waals surface area contributed by atoms with Crippen LogP contribution in [0.1, 0.15) is 382 Å². The van der Waals surface area contributed by atoms with Crippen LogP contribution in [0.5, 0.6) is 0 Å². The summed E-state index contributed by atoms with van der Waals surface area (Å²) < 4.78 is 68.2. The second-order valence-electron chi connectivity index (χ2n) is 27.4. The first kappa shape index (κ1) is 91.1. The summed E-state index contributed by atoms with van der Waals surface area (Å²) >= 11 is 0. The third kappa shape index (κ3) is 67.0. The average molecular weight is 1370 g/mol. The summed E-state index contributed by atoms with van der Waals surface area (Å²) in [5, 5.41) is 10.6. The summed E-state index contributed by atoms with van der Waals surface area (Å²) in [6.07, 6.45) is 53.4. The van der Waals surface area contributed by atoms with Gasteiger partial charge in [-0.15, -0.1) is 0 Å². The molecule has 0 rings (SSSR count). The van der Waals surface area contributed by atoms with Crippen molar-refractivity contribution in [2.75, 3.05) is 39.6 Å². The smallest absolute Gasteiger partial charge is 0.462 e. The molecule has 19 heteroatoms. The standard InChI is InChI=1S/C74H144O17P2/c1-7-10-12-14-15-16-17-18-19-20-21-22-23-24-25-26-29-33-36-39-46-52-58-73(78)90-70(63-85-72(77)57-51-45-38-35-32-30-27-28-31-34-37-43-48-54-66(4)5)65-89-93(82,83)87-61-68(75)60-86-92(80,81)88-64-69(62-84-71(76)56-50-42-13-11-8-2)91-74(79)59-53-47-41-40-44-49-55-67(6)9-3/h66-70,75H,7-65H2,1-6H3,(H,80,81)(H,82,83)/t67?,68-,69+,70+/m0/s1. The van der Waals surface area contributed by atoms with Crippen LogP contribution in [-0.2, 0) is 65.4 Å². The minimum atomic E-state index is -4.95. The van der Waals surface area contributed by atoms with E-state index in [4.69, 9.17) is 37.0 Å². The van der Waals surface area contributed by atoms with Crippen molar-refractivity contribution in [1.29, 1.82) is 0 Å². The van der Waals surface area contributed by atoms with Crippen LogP contribution in [0.4, 0.5) is 0 Å². The van der Waals surface area contributed by atoms with E-state index < -0.39 is 97.5 Å². The Kier molecular flexibility index (Phi) is 64.6. The Labute approximate surface area is 568 Å². The van der Waals surface area contributed by atoms with Gasteiger partial charge in [-0.05, 0) is 37.5 Å². The largest absolute Gasteiger partial charge is 0.472 e. The van der Waals surface area contributed by atoms with Gasteiger partial charge < -0.3 is 33.8 Å². The number of carbonyl (C=O) groups is 4. The molecule has 0 fully saturated rings. The predicted molar refractivity (Wildman–Crippen MR) is 377 cm³/mol. The van der Waals surface area contributed by atoms with Crippen LogP contribution in [0.3, 0.4) is 0 Å². The van der Waals surface area contributed by atoms with E-state index in [1.54, 1.807) is 0 Å².